The second-order valence-corrected chi connectivity index (χ2v) is 7.33. The lowest BCUT2D eigenvalue weighted by atomic mass is 9.96. The van der Waals surface area contributed by atoms with Crippen molar-refractivity contribution < 1.29 is 4.79 Å². The van der Waals surface area contributed by atoms with E-state index >= 15 is 0 Å². The van der Waals surface area contributed by atoms with Gasteiger partial charge in [-0.3, -0.25) is 9.48 Å². The molecule has 0 bridgehead atoms. The molecule has 0 N–H and O–H groups in total. The highest BCUT2D eigenvalue weighted by Crippen LogP contribution is 2.39. The number of aryl methyl sites for hydroxylation is 1. The minimum Gasteiger partial charge on any atom is -0.339 e. The summed E-state index contributed by atoms with van der Waals surface area (Å²) >= 11 is 0. The molecule has 1 aliphatic heterocycles. The van der Waals surface area contributed by atoms with Crippen molar-refractivity contribution in [1.29, 1.82) is 0 Å². The molecule has 2 fully saturated rings. The van der Waals surface area contributed by atoms with Crippen LogP contribution in [-0.2, 0) is 7.05 Å². The van der Waals surface area contributed by atoms with Gasteiger partial charge in [-0.25, -0.2) is 0 Å². The zero-order chi connectivity index (χ0) is 17.7. The van der Waals surface area contributed by atoms with E-state index in [0.29, 0.717) is 11.5 Å². The Kier molecular flexibility index (Phi) is 3.51. The minimum absolute atomic E-state index is 0.0526. The van der Waals surface area contributed by atoms with Gasteiger partial charge in [0, 0.05) is 38.2 Å². The summed E-state index contributed by atoms with van der Waals surface area (Å²) in [5, 5.41) is 17.5. The van der Waals surface area contributed by atoms with E-state index in [4.69, 9.17) is 5.10 Å². The molecule has 1 saturated carbocycles. The van der Waals surface area contributed by atoms with Crippen molar-refractivity contribution in [3.05, 3.63) is 41.6 Å². The number of hydrogen-bond donors (Lipinski definition) is 0. The van der Waals surface area contributed by atoms with Crippen LogP contribution in [-0.4, -0.2) is 53.5 Å². The predicted octanol–water partition coefficient (Wildman–Crippen LogP) is 1.75. The quantitative estimate of drug-likeness (QED) is 0.718. The molecule has 26 heavy (non-hydrogen) atoms. The molecule has 2 aliphatic rings. The van der Waals surface area contributed by atoms with Crippen LogP contribution in [0.5, 0.6) is 0 Å². The Morgan fingerprint density at radius 2 is 1.88 bits per heavy atom. The summed E-state index contributed by atoms with van der Waals surface area (Å²) in [6.07, 6.45) is 7.60. The molecule has 0 aromatic carbocycles. The van der Waals surface area contributed by atoms with Crippen LogP contribution in [0.25, 0.3) is 5.65 Å². The zero-order valence-corrected chi connectivity index (χ0v) is 14.7. The van der Waals surface area contributed by atoms with E-state index in [1.54, 1.807) is 17.1 Å². The first kappa shape index (κ1) is 15.5. The fourth-order valence-corrected chi connectivity index (χ4v) is 3.73. The Hall–Kier alpha value is -2.77. The number of aromatic nitrogens is 6. The maximum Gasteiger partial charge on any atom is 0.257 e. The SMILES string of the molecule is Cn1cc(C(=O)N2CCC(c3nnc4ccc(C5CC5)nn34)CC2)cn1. The number of rotatable bonds is 3. The summed E-state index contributed by atoms with van der Waals surface area (Å²) in [7, 11) is 1.82. The number of hydrogen-bond acceptors (Lipinski definition) is 5. The van der Waals surface area contributed by atoms with Crippen LogP contribution in [0.15, 0.2) is 24.5 Å². The molecule has 8 heteroatoms. The van der Waals surface area contributed by atoms with Gasteiger partial charge in [0.05, 0.1) is 17.5 Å². The van der Waals surface area contributed by atoms with Gasteiger partial charge in [-0.15, -0.1) is 10.2 Å². The third kappa shape index (κ3) is 2.65. The molecule has 0 radical (unpaired) electrons. The second-order valence-electron chi connectivity index (χ2n) is 7.33. The number of amides is 1. The van der Waals surface area contributed by atoms with Crippen LogP contribution in [0, 0.1) is 0 Å². The Balaban J connectivity index is 1.33. The smallest absolute Gasteiger partial charge is 0.257 e. The van der Waals surface area contributed by atoms with E-state index in [2.05, 4.69) is 21.4 Å². The first-order valence-corrected chi connectivity index (χ1v) is 9.19. The largest absolute Gasteiger partial charge is 0.339 e. The predicted molar refractivity (Wildman–Crippen MR) is 93.8 cm³/mol. The fourth-order valence-electron chi connectivity index (χ4n) is 3.73. The summed E-state index contributed by atoms with van der Waals surface area (Å²) < 4.78 is 3.57. The third-order valence-corrected chi connectivity index (χ3v) is 5.40. The molecular formula is C18H21N7O. The van der Waals surface area contributed by atoms with Gasteiger partial charge in [0.15, 0.2) is 11.5 Å². The van der Waals surface area contributed by atoms with E-state index in [0.717, 1.165) is 43.1 Å². The number of carbonyl (C=O) groups excluding carboxylic acids is 1. The Bertz CT molecular complexity index is 963. The average molecular weight is 351 g/mol. The van der Waals surface area contributed by atoms with Crippen LogP contribution < -0.4 is 0 Å². The number of likely N-dealkylation sites (tertiary alicyclic amines) is 1. The van der Waals surface area contributed by atoms with Crippen molar-refractivity contribution >= 4 is 11.6 Å². The van der Waals surface area contributed by atoms with Crippen molar-refractivity contribution in [3.63, 3.8) is 0 Å². The molecule has 3 aromatic heterocycles. The highest BCUT2D eigenvalue weighted by molar-refractivity contribution is 5.93. The Morgan fingerprint density at radius 3 is 2.58 bits per heavy atom. The number of nitrogens with zero attached hydrogens (tertiary/aromatic N) is 7. The highest BCUT2D eigenvalue weighted by atomic mass is 16.2. The van der Waals surface area contributed by atoms with Gasteiger partial charge in [-0.05, 0) is 37.8 Å². The van der Waals surface area contributed by atoms with Crippen molar-refractivity contribution in [2.45, 2.75) is 37.5 Å². The fraction of sp³-hybridized carbons (Fsp3) is 0.500. The molecular weight excluding hydrogens is 330 g/mol. The van der Waals surface area contributed by atoms with Gasteiger partial charge in [-0.2, -0.15) is 14.7 Å². The molecule has 1 amide bonds. The van der Waals surface area contributed by atoms with Gasteiger partial charge >= 0.3 is 0 Å². The summed E-state index contributed by atoms with van der Waals surface area (Å²) in [6.45, 7) is 1.44. The first-order valence-electron chi connectivity index (χ1n) is 9.19. The monoisotopic (exact) mass is 351 g/mol. The normalized spacial score (nSPS) is 18.6. The molecule has 4 heterocycles. The van der Waals surface area contributed by atoms with E-state index in [-0.39, 0.29) is 11.8 Å². The lowest BCUT2D eigenvalue weighted by molar-refractivity contribution is 0.0710. The van der Waals surface area contributed by atoms with Gasteiger partial charge in [-0.1, -0.05) is 0 Å². The van der Waals surface area contributed by atoms with E-state index < -0.39 is 0 Å². The lowest BCUT2D eigenvalue weighted by Gasteiger charge is -2.30. The average Bonchev–Trinajstić information content (AvgIpc) is 3.30. The van der Waals surface area contributed by atoms with Gasteiger partial charge in [0.2, 0.25) is 0 Å². The van der Waals surface area contributed by atoms with Gasteiger partial charge in [0.25, 0.3) is 5.91 Å². The van der Waals surface area contributed by atoms with E-state index in [1.807, 2.05) is 22.5 Å². The molecule has 0 spiro atoms. The minimum atomic E-state index is 0.0526. The van der Waals surface area contributed by atoms with Crippen LogP contribution in [0.3, 0.4) is 0 Å². The van der Waals surface area contributed by atoms with Gasteiger partial charge in [0.1, 0.15) is 0 Å². The Labute approximate surface area is 150 Å². The van der Waals surface area contributed by atoms with Crippen LogP contribution in [0.2, 0.25) is 0 Å². The molecule has 0 atom stereocenters. The first-order chi connectivity index (χ1) is 12.7. The van der Waals surface area contributed by atoms with E-state index in [9.17, 15) is 4.79 Å². The standard InChI is InChI=1S/C18H21N7O/c1-23-11-14(10-19-23)18(26)24-8-6-13(7-9-24)17-21-20-16-5-4-15(12-2-3-12)22-25(16)17/h4-5,10-13H,2-3,6-9H2,1H3. The van der Waals surface area contributed by atoms with Crippen LogP contribution in [0.4, 0.5) is 0 Å². The third-order valence-electron chi connectivity index (χ3n) is 5.40. The summed E-state index contributed by atoms with van der Waals surface area (Å²) in [6, 6.07) is 4.08. The van der Waals surface area contributed by atoms with Crippen LogP contribution >= 0.6 is 0 Å². The number of piperidine rings is 1. The molecule has 8 nitrogen and oxygen atoms in total. The number of carbonyl (C=O) groups is 1. The summed E-state index contributed by atoms with van der Waals surface area (Å²) in [4.78, 5) is 14.5. The van der Waals surface area contributed by atoms with Gasteiger partial charge < -0.3 is 4.90 Å². The molecule has 134 valence electrons. The molecule has 3 aromatic rings. The molecule has 5 rings (SSSR count). The van der Waals surface area contributed by atoms with Crippen molar-refractivity contribution in [3.8, 4) is 0 Å². The summed E-state index contributed by atoms with van der Waals surface area (Å²) in [5.41, 5.74) is 2.59. The topological polar surface area (TPSA) is 81.2 Å². The van der Waals surface area contributed by atoms with Crippen LogP contribution in [0.1, 0.15) is 59.4 Å². The maximum atomic E-state index is 12.6. The molecule has 0 unspecified atom stereocenters. The van der Waals surface area contributed by atoms with E-state index in [1.165, 1.54) is 12.8 Å². The summed E-state index contributed by atoms with van der Waals surface area (Å²) in [5.74, 6) is 1.87. The second kappa shape index (κ2) is 5.89. The lowest BCUT2D eigenvalue weighted by Crippen LogP contribution is -2.38. The number of fused-ring (bicyclic) bond motifs is 1. The highest BCUT2D eigenvalue weighted by Gasteiger charge is 2.29. The molecule has 1 saturated heterocycles. The van der Waals surface area contributed by atoms with Crippen molar-refractivity contribution in [1.82, 2.24) is 34.5 Å². The maximum absolute atomic E-state index is 12.6. The van der Waals surface area contributed by atoms with Crippen molar-refractivity contribution in [2.24, 2.45) is 7.05 Å². The molecule has 1 aliphatic carbocycles. The zero-order valence-electron chi connectivity index (χ0n) is 14.7. The Morgan fingerprint density at radius 1 is 1.08 bits per heavy atom. The van der Waals surface area contributed by atoms with Crippen molar-refractivity contribution in [2.75, 3.05) is 13.1 Å².